The molecule has 0 atom stereocenters. The van der Waals surface area contributed by atoms with Crippen LogP contribution < -0.4 is 5.32 Å². The van der Waals surface area contributed by atoms with E-state index in [2.05, 4.69) is 15.5 Å². The lowest BCUT2D eigenvalue weighted by molar-refractivity contribution is 0.445. The molecule has 2 aromatic carbocycles. The summed E-state index contributed by atoms with van der Waals surface area (Å²) in [5.41, 5.74) is 4.25. The van der Waals surface area contributed by atoms with Crippen molar-refractivity contribution >= 4 is 11.0 Å². The summed E-state index contributed by atoms with van der Waals surface area (Å²) in [5, 5.41) is 22.0. The average molecular weight is 388 g/mol. The molecule has 0 bridgehead atoms. The molecule has 1 aliphatic heterocycles. The van der Waals surface area contributed by atoms with E-state index < -0.39 is 0 Å². The Kier molecular flexibility index (Phi) is 4.48. The summed E-state index contributed by atoms with van der Waals surface area (Å²) >= 11 is 0. The summed E-state index contributed by atoms with van der Waals surface area (Å²) in [4.78, 5) is 0. The zero-order chi connectivity index (χ0) is 19.8. The molecule has 6 heteroatoms. The minimum atomic E-state index is -0.167. The molecule has 0 radical (unpaired) electrons. The second-order valence-electron chi connectivity index (χ2n) is 7.43. The lowest BCUT2D eigenvalue weighted by atomic mass is 9.90. The topological polar surface area (TPSA) is 63.0 Å². The zero-order valence-electron chi connectivity index (χ0n) is 15.8. The summed E-state index contributed by atoms with van der Waals surface area (Å²) in [6, 6.07) is 16.2. The van der Waals surface area contributed by atoms with Crippen molar-refractivity contribution in [1.82, 2.24) is 20.1 Å². The van der Waals surface area contributed by atoms with Gasteiger partial charge in [-0.05, 0) is 73.8 Å². The van der Waals surface area contributed by atoms with E-state index in [-0.39, 0.29) is 17.5 Å². The van der Waals surface area contributed by atoms with Crippen LogP contribution in [0.5, 0.6) is 5.75 Å². The van der Waals surface area contributed by atoms with Crippen LogP contribution in [0.4, 0.5) is 4.39 Å². The van der Waals surface area contributed by atoms with Crippen molar-refractivity contribution in [3.8, 4) is 22.7 Å². The van der Waals surface area contributed by atoms with Gasteiger partial charge >= 0.3 is 0 Å². The summed E-state index contributed by atoms with van der Waals surface area (Å²) < 4.78 is 16.8. The molecule has 2 N–H and O–H groups in total. The lowest BCUT2D eigenvalue weighted by Crippen LogP contribution is -2.27. The number of para-hydroxylation sites is 1. The summed E-state index contributed by atoms with van der Waals surface area (Å²) in [6.45, 7) is 1.86. The van der Waals surface area contributed by atoms with Gasteiger partial charge in [0.05, 0.1) is 11.2 Å². The first-order valence-corrected chi connectivity index (χ1v) is 9.84. The number of rotatable bonds is 3. The van der Waals surface area contributed by atoms with Gasteiger partial charge in [0.25, 0.3) is 0 Å². The highest BCUT2D eigenvalue weighted by molar-refractivity contribution is 5.82. The Morgan fingerprint density at radius 1 is 1.00 bits per heavy atom. The third-order valence-corrected chi connectivity index (χ3v) is 5.66. The third-order valence-electron chi connectivity index (χ3n) is 5.66. The van der Waals surface area contributed by atoms with E-state index in [9.17, 15) is 9.50 Å². The van der Waals surface area contributed by atoms with Crippen molar-refractivity contribution in [2.45, 2.75) is 18.8 Å². The molecule has 1 aliphatic rings. The van der Waals surface area contributed by atoms with Crippen LogP contribution in [0.15, 0.2) is 60.8 Å². The minimum Gasteiger partial charge on any atom is -0.507 e. The van der Waals surface area contributed by atoms with Crippen LogP contribution in [-0.2, 0) is 0 Å². The first-order chi connectivity index (χ1) is 14.2. The number of phenols is 1. The molecule has 29 heavy (non-hydrogen) atoms. The van der Waals surface area contributed by atoms with Crippen LogP contribution in [0.1, 0.15) is 24.3 Å². The Hall–Kier alpha value is -3.25. The number of halogens is 1. The highest BCUT2D eigenvalue weighted by Crippen LogP contribution is 2.31. The van der Waals surface area contributed by atoms with Crippen LogP contribution in [0.2, 0.25) is 0 Å². The highest BCUT2D eigenvalue weighted by atomic mass is 19.1. The number of nitrogens with zero attached hydrogens (tertiary/aromatic N) is 3. The van der Waals surface area contributed by atoms with Crippen molar-refractivity contribution in [1.29, 1.82) is 0 Å². The normalized spacial score (nSPS) is 15.1. The molecule has 0 saturated carbocycles. The molecule has 1 saturated heterocycles. The molecule has 146 valence electrons. The van der Waals surface area contributed by atoms with Crippen LogP contribution in [0, 0.1) is 5.82 Å². The fourth-order valence-corrected chi connectivity index (χ4v) is 4.11. The number of phenolic OH excluding ortho intramolecular Hbond substituents is 1. The SMILES string of the molecule is Oc1ccccc1-c1cc2c(ccn2-c2ccc(C3CCNCC3)c(F)c2)nn1. The van der Waals surface area contributed by atoms with Gasteiger partial charge in [-0.15, -0.1) is 10.2 Å². The van der Waals surface area contributed by atoms with Gasteiger partial charge in [-0.1, -0.05) is 18.2 Å². The van der Waals surface area contributed by atoms with E-state index in [1.807, 2.05) is 41.1 Å². The first kappa shape index (κ1) is 17.8. The Labute approximate surface area is 167 Å². The van der Waals surface area contributed by atoms with E-state index in [1.165, 1.54) is 0 Å². The molecule has 5 rings (SSSR count). The number of aromatic nitrogens is 3. The number of hydrogen-bond donors (Lipinski definition) is 2. The maximum atomic E-state index is 14.9. The molecule has 2 aromatic heterocycles. The number of nitrogens with one attached hydrogen (secondary N) is 1. The van der Waals surface area contributed by atoms with Crippen molar-refractivity contribution < 1.29 is 9.50 Å². The molecule has 0 aliphatic carbocycles. The summed E-state index contributed by atoms with van der Waals surface area (Å²) in [6.07, 6.45) is 3.79. The van der Waals surface area contributed by atoms with Gasteiger partial charge in [-0.3, -0.25) is 0 Å². The second-order valence-corrected chi connectivity index (χ2v) is 7.43. The van der Waals surface area contributed by atoms with E-state index in [0.717, 1.165) is 42.7 Å². The molecule has 1 fully saturated rings. The van der Waals surface area contributed by atoms with Crippen LogP contribution in [0.25, 0.3) is 28.0 Å². The van der Waals surface area contributed by atoms with Crippen LogP contribution in [-0.4, -0.2) is 33.0 Å². The third kappa shape index (κ3) is 3.25. The molecule has 4 aromatic rings. The quantitative estimate of drug-likeness (QED) is 0.546. The Morgan fingerprint density at radius 2 is 1.83 bits per heavy atom. The van der Waals surface area contributed by atoms with E-state index in [0.29, 0.717) is 16.8 Å². The smallest absolute Gasteiger partial charge is 0.128 e. The Balaban J connectivity index is 1.56. The van der Waals surface area contributed by atoms with Crippen molar-refractivity contribution in [2.75, 3.05) is 13.1 Å². The standard InChI is InChI=1S/C23H21FN4O/c24-19-13-16(5-6-17(19)15-7-10-25-11-8-15)28-12-9-20-22(28)14-21(27-26-20)18-3-1-2-4-23(18)29/h1-6,9,12-15,25,29H,7-8,10-11H2. The maximum Gasteiger partial charge on any atom is 0.128 e. The van der Waals surface area contributed by atoms with Gasteiger partial charge in [0, 0.05) is 17.4 Å². The van der Waals surface area contributed by atoms with E-state index in [1.54, 1.807) is 24.3 Å². The first-order valence-electron chi connectivity index (χ1n) is 9.84. The monoisotopic (exact) mass is 388 g/mol. The van der Waals surface area contributed by atoms with Gasteiger partial charge in [-0.25, -0.2) is 4.39 Å². The number of hydrogen-bond acceptors (Lipinski definition) is 4. The molecule has 5 nitrogen and oxygen atoms in total. The van der Waals surface area contributed by atoms with Gasteiger partial charge in [0.1, 0.15) is 17.1 Å². The fraction of sp³-hybridized carbons (Fsp3) is 0.217. The molecular weight excluding hydrogens is 367 g/mol. The second kappa shape index (κ2) is 7.29. The van der Waals surface area contributed by atoms with Gasteiger partial charge < -0.3 is 15.0 Å². The minimum absolute atomic E-state index is 0.150. The zero-order valence-corrected chi connectivity index (χ0v) is 15.8. The van der Waals surface area contributed by atoms with Crippen molar-refractivity contribution in [3.05, 3.63) is 72.2 Å². The number of fused-ring (bicyclic) bond motifs is 1. The maximum absolute atomic E-state index is 14.9. The molecule has 0 amide bonds. The average Bonchev–Trinajstić information content (AvgIpc) is 3.18. The highest BCUT2D eigenvalue weighted by Gasteiger charge is 2.19. The van der Waals surface area contributed by atoms with Crippen LogP contribution >= 0.6 is 0 Å². The number of benzene rings is 2. The lowest BCUT2D eigenvalue weighted by Gasteiger charge is -2.23. The molecule has 3 heterocycles. The predicted molar refractivity (Wildman–Crippen MR) is 111 cm³/mol. The van der Waals surface area contributed by atoms with E-state index in [4.69, 9.17) is 0 Å². The number of piperidine rings is 1. The molecule has 0 spiro atoms. The van der Waals surface area contributed by atoms with Crippen LogP contribution in [0.3, 0.4) is 0 Å². The molecule has 0 unspecified atom stereocenters. The Bertz CT molecular complexity index is 1180. The Morgan fingerprint density at radius 3 is 2.62 bits per heavy atom. The van der Waals surface area contributed by atoms with Gasteiger partial charge in [0.15, 0.2) is 0 Å². The summed E-state index contributed by atoms with van der Waals surface area (Å²) in [5.74, 6) is 0.251. The van der Waals surface area contributed by atoms with Gasteiger partial charge in [0.2, 0.25) is 0 Å². The fourth-order valence-electron chi connectivity index (χ4n) is 4.11. The van der Waals surface area contributed by atoms with E-state index >= 15 is 0 Å². The summed E-state index contributed by atoms with van der Waals surface area (Å²) in [7, 11) is 0. The van der Waals surface area contributed by atoms with Crippen molar-refractivity contribution in [3.63, 3.8) is 0 Å². The van der Waals surface area contributed by atoms with Crippen molar-refractivity contribution in [2.24, 2.45) is 0 Å². The van der Waals surface area contributed by atoms with Gasteiger partial charge in [-0.2, -0.15) is 0 Å². The predicted octanol–water partition coefficient (Wildman–Crippen LogP) is 4.40. The molecular formula is C23H21FN4O. The largest absolute Gasteiger partial charge is 0.507 e. The number of aromatic hydroxyl groups is 1.